The Morgan fingerprint density at radius 2 is 1.83 bits per heavy atom. The van der Waals surface area contributed by atoms with E-state index in [0.29, 0.717) is 17.1 Å². The SMILES string of the molecule is COc1ccc(C2=C(C)N([O-])C(C)(C)[N+]2=O)cc1. The van der Waals surface area contributed by atoms with E-state index in [2.05, 4.69) is 0 Å². The van der Waals surface area contributed by atoms with Gasteiger partial charge in [0.25, 0.3) is 11.4 Å². The van der Waals surface area contributed by atoms with E-state index in [9.17, 15) is 10.1 Å². The van der Waals surface area contributed by atoms with Crippen LogP contribution in [0.15, 0.2) is 30.0 Å². The lowest BCUT2D eigenvalue weighted by atomic mass is 10.1. The molecule has 0 bridgehead atoms. The molecular formula is C13H16N2O3. The molecule has 0 radical (unpaired) electrons. The van der Waals surface area contributed by atoms with Crippen molar-refractivity contribution in [1.29, 1.82) is 0 Å². The monoisotopic (exact) mass is 248 g/mol. The fourth-order valence-corrected chi connectivity index (χ4v) is 2.08. The Kier molecular flexibility index (Phi) is 2.86. The molecule has 0 unspecified atom stereocenters. The molecule has 0 aromatic heterocycles. The fourth-order valence-electron chi connectivity index (χ4n) is 2.08. The van der Waals surface area contributed by atoms with Crippen LogP contribution in [-0.4, -0.2) is 22.6 Å². The van der Waals surface area contributed by atoms with Gasteiger partial charge in [0.1, 0.15) is 5.75 Å². The Morgan fingerprint density at radius 1 is 1.28 bits per heavy atom. The molecule has 0 amide bonds. The van der Waals surface area contributed by atoms with Crippen molar-refractivity contribution in [2.24, 2.45) is 0 Å². The van der Waals surface area contributed by atoms with Gasteiger partial charge in [-0.25, -0.2) is 0 Å². The normalized spacial score (nSPS) is 18.5. The zero-order chi connectivity index (χ0) is 13.5. The lowest BCUT2D eigenvalue weighted by Crippen LogP contribution is -2.40. The zero-order valence-corrected chi connectivity index (χ0v) is 10.9. The predicted octanol–water partition coefficient (Wildman–Crippen LogP) is 2.71. The van der Waals surface area contributed by atoms with Crippen molar-refractivity contribution in [2.45, 2.75) is 26.4 Å². The minimum atomic E-state index is -1.10. The molecule has 0 atom stereocenters. The average Bonchev–Trinajstić information content (AvgIpc) is 2.51. The first-order chi connectivity index (χ1) is 8.39. The lowest BCUT2D eigenvalue weighted by molar-refractivity contribution is -0.549. The number of hydroxylamine groups is 2. The third kappa shape index (κ3) is 1.67. The standard InChI is InChI=1S/C13H16N2O3/c1-9-12(15(17)13(2,3)14(9)16)10-5-7-11(18-4)8-6-10/h5-8H,1-4H3. The Bertz CT molecular complexity index is 518. The van der Waals surface area contributed by atoms with Crippen molar-refractivity contribution < 1.29 is 9.50 Å². The van der Waals surface area contributed by atoms with E-state index in [0.717, 1.165) is 15.4 Å². The summed E-state index contributed by atoms with van der Waals surface area (Å²) in [5, 5.41) is 12.7. The molecule has 0 saturated carbocycles. The van der Waals surface area contributed by atoms with E-state index < -0.39 is 5.66 Å². The van der Waals surface area contributed by atoms with Gasteiger partial charge in [0.15, 0.2) is 0 Å². The molecular weight excluding hydrogens is 232 g/mol. The van der Waals surface area contributed by atoms with Gasteiger partial charge in [-0.05, 0) is 31.2 Å². The summed E-state index contributed by atoms with van der Waals surface area (Å²) < 4.78 is 5.83. The van der Waals surface area contributed by atoms with E-state index >= 15 is 0 Å². The lowest BCUT2D eigenvalue weighted by Gasteiger charge is -2.31. The number of nitroso groups, excluding NO2 is 1. The van der Waals surface area contributed by atoms with Crippen LogP contribution in [0.1, 0.15) is 26.3 Å². The van der Waals surface area contributed by atoms with Gasteiger partial charge in [0.05, 0.1) is 23.1 Å². The molecule has 0 fully saturated rings. The van der Waals surface area contributed by atoms with Crippen LogP contribution in [0, 0.1) is 10.1 Å². The largest absolute Gasteiger partial charge is 0.753 e. The van der Waals surface area contributed by atoms with Gasteiger partial charge in [-0.1, -0.05) is 0 Å². The van der Waals surface area contributed by atoms with E-state index in [1.807, 2.05) is 0 Å². The quantitative estimate of drug-likeness (QED) is 0.755. The topological polar surface area (TPSA) is 55.6 Å². The van der Waals surface area contributed by atoms with Crippen LogP contribution in [0.25, 0.3) is 5.70 Å². The maximum Gasteiger partial charge on any atom is 0.284 e. The Labute approximate surface area is 106 Å². The first-order valence-electron chi connectivity index (χ1n) is 5.69. The van der Waals surface area contributed by atoms with E-state index in [4.69, 9.17) is 4.74 Å². The first-order valence-corrected chi connectivity index (χ1v) is 5.69. The van der Waals surface area contributed by atoms with Crippen LogP contribution in [-0.2, 0) is 0 Å². The molecule has 96 valence electrons. The number of ether oxygens (including phenoxy) is 1. The number of nitrogens with zero attached hydrogens (tertiary/aromatic N) is 2. The third-order valence-corrected chi connectivity index (χ3v) is 3.21. The molecule has 0 aliphatic carbocycles. The van der Waals surface area contributed by atoms with Gasteiger partial charge < -0.3 is 15.0 Å². The van der Waals surface area contributed by atoms with Crippen LogP contribution >= 0.6 is 0 Å². The highest BCUT2D eigenvalue weighted by Crippen LogP contribution is 2.37. The van der Waals surface area contributed by atoms with Gasteiger partial charge >= 0.3 is 0 Å². The molecule has 1 aliphatic rings. The second kappa shape index (κ2) is 4.10. The van der Waals surface area contributed by atoms with E-state index in [1.165, 1.54) is 0 Å². The summed E-state index contributed by atoms with van der Waals surface area (Å²) in [5.41, 5.74) is 0.465. The van der Waals surface area contributed by atoms with Crippen molar-refractivity contribution in [3.05, 3.63) is 45.6 Å². The molecule has 0 N–H and O–H groups in total. The minimum Gasteiger partial charge on any atom is -0.753 e. The summed E-state index contributed by atoms with van der Waals surface area (Å²) in [5.74, 6) is 0.714. The smallest absolute Gasteiger partial charge is 0.284 e. The van der Waals surface area contributed by atoms with Crippen molar-refractivity contribution >= 4 is 5.70 Å². The first kappa shape index (κ1) is 12.6. The number of hydrogen-bond donors (Lipinski definition) is 0. The molecule has 5 heteroatoms. The van der Waals surface area contributed by atoms with Crippen LogP contribution in [0.4, 0.5) is 0 Å². The molecule has 1 heterocycles. The Morgan fingerprint density at radius 3 is 2.22 bits per heavy atom. The molecule has 0 saturated heterocycles. The summed E-state index contributed by atoms with van der Waals surface area (Å²) in [6, 6.07) is 7.09. The second-order valence-corrected chi connectivity index (χ2v) is 4.75. The summed E-state index contributed by atoms with van der Waals surface area (Å²) in [7, 11) is 1.58. The molecule has 0 spiro atoms. The molecule has 2 rings (SSSR count). The van der Waals surface area contributed by atoms with Crippen molar-refractivity contribution in [1.82, 2.24) is 5.06 Å². The zero-order valence-electron chi connectivity index (χ0n) is 10.9. The maximum absolute atomic E-state index is 12.2. The van der Waals surface area contributed by atoms with Crippen molar-refractivity contribution in [3.8, 4) is 5.75 Å². The molecule has 18 heavy (non-hydrogen) atoms. The molecule has 1 aromatic carbocycles. The summed E-state index contributed by atoms with van der Waals surface area (Å²) >= 11 is 0. The summed E-state index contributed by atoms with van der Waals surface area (Å²) in [4.78, 5) is 12.2. The predicted molar refractivity (Wildman–Crippen MR) is 68.5 cm³/mol. The van der Waals surface area contributed by atoms with Gasteiger partial charge in [-0.2, -0.15) is 0 Å². The van der Waals surface area contributed by atoms with Crippen molar-refractivity contribution in [2.75, 3.05) is 7.11 Å². The highest BCUT2D eigenvalue weighted by molar-refractivity contribution is 5.63. The summed E-state index contributed by atoms with van der Waals surface area (Å²) in [6.07, 6.45) is 0. The summed E-state index contributed by atoms with van der Waals surface area (Å²) in [6.45, 7) is 4.87. The molecule has 1 aromatic rings. The molecule has 5 nitrogen and oxygen atoms in total. The number of rotatable bonds is 2. The van der Waals surface area contributed by atoms with Gasteiger partial charge in [-0.3, -0.25) is 0 Å². The third-order valence-electron chi connectivity index (χ3n) is 3.21. The van der Waals surface area contributed by atoms with E-state index in [-0.39, 0.29) is 0 Å². The minimum absolute atomic E-state index is 0.414. The van der Waals surface area contributed by atoms with Gasteiger partial charge in [-0.15, -0.1) is 0 Å². The second-order valence-electron chi connectivity index (χ2n) is 4.75. The highest BCUT2D eigenvalue weighted by Gasteiger charge is 2.49. The van der Waals surface area contributed by atoms with Crippen LogP contribution in [0.5, 0.6) is 5.75 Å². The number of allylic oxidation sites excluding steroid dienone is 1. The van der Waals surface area contributed by atoms with E-state index in [1.54, 1.807) is 52.1 Å². The molecule has 1 aliphatic heterocycles. The van der Waals surface area contributed by atoms with Gasteiger partial charge in [0.2, 0.25) is 0 Å². The van der Waals surface area contributed by atoms with Crippen LogP contribution in [0.3, 0.4) is 0 Å². The fraction of sp³-hybridized carbons (Fsp3) is 0.385. The Hall–Kier alpha value is -1.88. The van der Waals surface area contributed by atoms with Crippen LogP contribution in [0.2, 0.25) is 0 Å². The number of methoxy groups -OCH3 is 1. The number of hydrogen-bond acceptors (Lipinski definition) is 4. The van der Waals surface area contributed by atoms with Crippen LogP contribution < -0.4 is 4.74 Å². The highest BCUT2D eigenvalue weighted by atomic mass is 16.5. The number of benzene rings is 1. The van der Waals surface area contributed by atoms with Crippen molar-refractivity contribution in [3.63, 3.8) is 0 Å². The van der Waals surface area contributed by atoms with Gasteiger partial charge in [0, 0.05) is 18.8 Å². The maximum atomic E-state index is 12.2. The average molecular weight is 248 g/mol. The Balaban J connectivity index is 2.47.